The second kappa shape index (κ2) is 7.99. The van der Waals surface area contributed by atoms with Crippen LogP contribution < -0.4 is 15.2 Å². The number of nitrogens with zero attached hydrogens (tertiary/aromatic N) is 5. The molecule has 0 aliphatic rings. The van der Waals surface area contributed by atoms with Gasteiger partial charge in [-0.2, -0.15) is 10.1 Å². The standard InChI is InChI=1S/C24H20N6O2/c1-29-15-17(13-26-29)16-3-5-18(6-4-16)30(2)19-7-9-20(10-8-19)32-24-27-22-14-25-12-11-21(22)23(31)28-24/h3-15H,1-2H3,(H,27,28,31). The molecule has 8 nitrogen and oxygen atoms in total. The van der Waals surface area contributed by atoms with Crippen molar-refractivity contribution in [2.24, 2.45) is 7.05 Å². The van der Waals surface area contributed by atoms with Crippen molar-refractivity contribution in [3.63, 3.8) is 0 Å². The van der Waals surface area contributed by atoms with Crippen LogP contribution in [0, 0.1) is 0 Å². The molecule has 8 heteroatoms. The number of benzene rings is 2. The number of pyridine rings is 1. The van der Waals surface area contributed by atoms with Crippen LogP contribution in [0.25, 0.3) is 22.0 Å². The number of ether oxygens (including phenoxy) is 1. The Morgan fingerprint density at radius 2 is 1.66 bits per heavy atom. The summed E-state index contributed by atoms with van der Waals surface area (Å²) in [5.41, 5.74) is 4.47. The molecule has 5 rings (SSSR count). The van der Waals surface area contributed by atoms with Crippen LogP contribution in [0.4, 0.5) is 11.4 Å². The number of nitrogens with one attached hydrogen (secondary N) is 1. The first-order chi connectivity index (χ1) is 15.6. The fourth-order valence-electron chi connectivity index (χ4n) is 3.46. The molecule has 1 N–H and O–H groups in total. The van der Waals surface area contributed by atoms with Gasteiger partial charge in [0.05, 0.1) is 23.3 Å². The molecule has 0 aliphatic heterocycles. The summed E-state index contributed by atoms with van der Waals surface area (Å²) in [6.07, 6.45) is 6.94. The van der Waals surface area contributed by atoms with Gasteiger partial charge in [0.15, 0.2) is 0 Å². The van der Waals surface area contributed by atoms with Gasteiger partial charge in [-0.1, -0.05) is 12.1 Å². The van der Waals surface area contributed by atoms with Crippen molar-refractivity contribution in [1.82, 2.24) is 24.7 Å². The monoisotopic (exact) mass is 424 g/mol. The first kappa shape index (κ1) is 19.5. The Labute approximate surface area is 183 Å². The fourth-order valence-corrected chi connectivity index (χ4v) is 3.46. The summed E-state index contributed by atoms with van der Waals surface area (Å²) in [5.74, 6) is 0.570. The number of aromatic amines is 1. The predicted molar refractivity (Wildman–Crippen MR) is 123 cm³/mol. The number of hydrogen-bond acceptors (Lipinski definition) is 6. The predicted octanol–water partition coefficient (Wildman–Crippen LogP) is 4.28. The van der Waals surface area contributed by atoms with Crippen LogP contribution in [0.5, 0.6) is 11.8 Å². The Bertz CT molecular complexity index is 1440. The van der Waals surface area contributed by atoms with Crippen LogP contribution in [0.1, 0.15) is 0 Å². The third-order valence-electron chi connectivity index (χ3n) is 5.22. The van der Waals surface area contributed by atoms with Crippen LogP contribution in [0.15, 0.2) is 84.2 Å². The van der Waals surface area contributed by atoms with Crippen LogP contribution in [-0.2, 0) is 7.05 Å². The summed E-state index contributed by atoms with van der Waals surface area (Å²) < 4.78 is 7.54. The van der Waals surface area contributed by atoms with Gasteiger partial charge in [-0.3, -0.25) is 19.4 Å². The molecule has 0 unspecified atom stereocenters. The molecule has 2 aromatic carbocycles. The maximum atomic E-state index is 12.2. The molecular formula is C24H20N6O2. The van der Waals surface area contributed by atoms with Gasteiger partial charge in [-0.15, -0.1) is 0 Å². The Hall–Kier alpha value is -4.46. The summed E-state index contributed by atoms with van der Waals surface area (Å²) >= 11 is 0. The van der Waals surface area contributed by atoms with Gasteiger partial charge in [-0.25, -0.2) is 0 Å². The van der Waals surface area contributed by atoms with Gasteiger partial charge < -0.3 is 9.64 Å². The summed E-state index contributed by atoms with van der Waals surface area (Å²) in [5, 5.41) is 4.69. The van der Waals surface area contributed by atoms with E-state index in [1.54, 1.807) is 16.9 Å². The highest BCUT2D eigenvalue weighted by atomic mass is 16.5. The fraction of sp³-hybridized carbons (Fsp3) is 0.0833. The van der Waals surface area contributed by atoms with Crippen LogP contribution in [-0.4, -0.2) is 31.8 Å². The van der Waals surface area contributed by atoms with Crippen molar-refractivity contribution >= 4 is 22.3 Å². The van der Waals surface area contributed by atoms with E-state index in [-0.39, 0.29) is 11.6 Å². The van der Waals surface area contributed by atoms with E-state index in [1.165, 1.54) is 6.20 Å². The highest BCUT2D eigenvalue weighted by molar-refractivity contribution is 5.76. The van der Waals surface area contributed by atoms with Gasteiger partial charge in [0, 0.05) is 43.4 Å². The lowest BCUT2D eigenvalue weighted by molar-refractivity contribution is 0.443. The van der Waals surface area contributed by atoms with Gasteiger partial charge >= 0.3 is 6.01 Å². The summed E-state index contributed by atoms with van der Waals surface area (Å²) in [6, 6.07) is 17.6. The molecule has 3 aromatic heterocycles. The van der Waals surface area contributed by atoms with Gasteiger partial charge in [0.25, 0.3) is 5.56 Å². The average molecular weight is 424 g/mol. The lowest BCUT2D eigenvalue weighted by Crippen LogP contribution is -2.10. The number of rotatable bonds is 5. The normalized spacial score (nSPS) is 10.9. The number of hydrogen-bond donors (Lipinski definition) is 1. The van der Waals surface area contributed by atoms with Crippen LogP contribution >= 0.6 is 0 Å². The maximum Gasteiger partial charge on any atom is 0.302 e. The smallest absolute Gasteiger partial charge is 0.302 e. The number of anilines is 2. The van der Waals surface area contributed by atoms with E-state index in [2.05, 4.69) is 49.2 Å². The van der Waals surface area contributed by atoms with Crippen molar-refractivity contribution in [2.75, 3.05) is 11.9 Å². The molecule has 0 fully saturated rings. The Morgan fingerprint density at radius 1 is 0.938 bits per heavy atom. The van der Waals surface area contributed by atoms with E-state index in [0.29, 0.717) is 16.7 Å². The van der Waals surface area contributed by atoms with Gasteiger partial charge in [0.1, 0.15) is 5.75 Å². The highest BCUT2D eigenvalue weighted by Gasteiger charge is 2.08. The molecule has 158 valence electrons. The van der Waals surface area contributed by atoms with Crippen LogP contribution in [0.2, 0.25) is 0 Å². The summed E-state index contributed by atoms with van der Waals surface area (Å²) in [7, 11) is 3.91. The minimum atomic E-state index is -0.265. The van der Waals surface area contributed by atoms with Crippen molar-refractivity contribution in [3.05, 3.63) is 89.7 Å². The summed E-state index contributed by atoms with van der Waals surface area (Å²) in [4.78, 5) is 25.2. The van der Waals surface area contributed by atoms with E-state index in [1.807, 2.05) is 50.8 Å². The Balaban J connectivity index is 1.32. The first-order valence-corrected chi connectivity index (χ1v) is 10.0. The van der Waals surface area contributed by atoms with E-state index in [4.69, 9.17) is 4.74 Å². The van der Waals surface area contributed by atoms with Crippen molar-refractivity contribution in [3.8, 4) is 22.9 Å². The second-order valence-electron chi connectivity index (χ2n) is 7.37. The number of aryl methyl sites for hydroxylation is 1. The molecule has 0 radical (unpaired) electrons. The molecule has 5 aromatic rings. The molecule has 32 heavy (non-hydrogen) atoms. The van der Waals surface area contributed by atoms with E-state index >= 15 is 0 Å². The van der Waals surface area contributed by atoms with Crippen molar-refractivity contribution in [1.29, 1.82) is 0 Å². The first-order valence-electron chi connectivity index (χ1n) is 10.0. The van der Waals surface area contributed by atoms with E-state index in [0.717, 1.165) is 22.5 Å². The lowest BCUT2D eigenvalue weighted by atomic mass is 10.1. The second-order valence-corrected chi connectivity index (χ2v) is 7.37. The highest BCUT2D eigenvalue weighted by Crippen LogP contribution is 2.29. The third kappa shape index (κ3) is 3.81. The molecule has 0 bridgehead atoms. The number of aromatic nitrogens is 5. The Kier molecular flexibility index (Phi) is 4.87. The zero-order valence-corrected chi connectivity index (χ0v) is 17.6. The zero-order valence-electron chi connectivity index (χ0n) is 17.6. The molecular weight excluding hydrogens is 404 g/mol. The van der Waals surface area contributed by atoms with Crippen LogP contribution in [0.3, 0.4) is 0 Å². The summed E-state index contributed by atoms with van der Waals surface area (Å²) in [6.45, 7) is 0. The minimum Gasteiger partial charge on any atom is -0.426 e. The number of fused-ring (bicyclic) bond motifs is 1. The molecule has 3 heterocycles. The average Bonchev–Trinajstić information content (AvgIpc) is 3.25. The molecule has 0 aliphatic carbocycles. The minimum absolute atomic E-state index is 0.127. The maximum absolute atomic E-state index is 12.2. The molecule has 0 saturated carbocycles. The van der Waals surface area contributed by atoms with Crippen molar-refractivity contribution < 1.29 is 4.74 Å². The number of H-pyrrole nitrogens is 1. The molecule has 0 spiro atoms. The SMILES string of the molecule is CN(c1ccc(Oc2nc3cnccc3c(=O)[nH]2)cc1)c1ccc(-c2cnn(C)c2)cc1. The quantitative estimate of drug-likeness (QED) is 0.453. The lowest BCUT2D eigenvalue weighted by Gasteiger charge is -2.20. The van der Waals surface area contributed by atoms with Gasteiger partial charge in [0.2, 0.25) is 0 Å². The van der Waals surface area contributed by atoms with E-state index in [9.17, 15) is 4.79 Å². The molecule has 0 amide bonds. The van der Waals surface area contributed by atoms with Crippen molar-refractivity contribution in [2.45, 2.75) is 0 Å². The topological polar surface area (TPSA) is 88.9 Å². The molecule has 0 saturated heterocycles. The third-order valence-corrected chi connectivity index (χ3v) is 5.22. The zero-order chi connectivity index (χ0) is 22.1. The molecule has 0 atom stereocenters. The Morgan fingerprint density at radius 3 is 2.34 bits per heavy atom. The van der Waals surface area contributed by atoms with Gasteiger partial charge in [-0.05, 0) is 48.0 Å². The largest absolute Gasteiger partial charge is 0.426 e. The van der Waals surface area contributed by atoms with E-state index < -0.39 is 0 Å².